The summed E-state index contributed by atoms with van der Waals surface area (Å²) in [6, 6.07) is 0. The van der Waals surface area contributed by atoms with Crippen LogP contribution in [-0.2, 0) is 18.4 Å². The molecule has 2 aromatic heterocycles. The van der Waals surface area contributed by atoms with E-state index in [2.05, 4.69) is 20.6 Å². The Morgan fingerprint density at radius 2 is 1.91 bits per heavy atom. The van der Waals surface area contributed by atoms with E-state index in [1.807, 2.05) is 0 Å². The molecule has 2 heterocycles. The average molecular weight is 316 g/mol. The van der Waals surface area contributed by atoms with Gasteiger partial charge in [-0.15, -0.1) is 0 Å². The number of aromatic nitrogens is 3. The fourth-order valence-electron chi connectivity index (χ4n) is 3.44. The lowest BCUT2D eigenvalue weighted by atomic mass is 9.76. The van der Waals surface area contributed by atoms with Crippen molar-refractivity contribution >= 4 is 5.91 Å². The summed E-state index contributed by atoms with van der Waals surface area (Å²) in [6.45, 7) is 1.75. The predicted molar refractivity (Wildman–Crippen MR) is 79.8 cm³/mol. The second-order valence-electron chi connectivity index (χ2n) is 6.52. The van der Waals surface area contributed by atoms with E-state index in [1.165, 1.54) is 0 Å². The van der Waals surface area contributed by atoms with E-state index in [4.69, 9.17) is 9.05 Å². The average Bonchev–Trinajstić information content (AvgIpc) is 3.03. The summed E-state index contributed by atoms with van der Waals surface area (Å²) >= 11 is 0. The van der Waals surface area contributed by atoms with Gasteiger partial charge in [-0.25, -0.2) is 0 Å². The Labute approximate surface area is 133 Å². The summed E-state index contributed by atoms with van der Waals surface area (Å²) in [7, 11) is 0. The van der Waals surface area contributed by atoms with Gasteiger partial charge in [0.1, 0.15) is 11.3 Å². The predicted octanol–water partition coefficient (Wildman–Crippen LogP) is 2.44. The zero-order valence-corrected chi connectivity index (χ0v) is 13.2. The lowest BCUT2D eigenvalue weighted by molar-refractivity contribution is 0.0794. The van der Waals surface area contributed by atoms with Gasteiger partial charge in [-0.1, -0.05) is 16.7 Å². The Morgan fingerprint density at radius 3 is 2.61 bits per heavy atom. The maximum Gasteiger partial charge on any atom is 0.274 e. The standard InChI is InChI=1S/C16H20N4O3/c1-10-17-15(20-22-10)16(8-5-9-16)18-14(21)13-11-6-3-2-4-7-12(11)23-19-13/h2-9H2,1H3,(H,18,21). The second-order valence-corrected chi connectivity index (χ2v) is 6.52. The number of carbonyl (C=O) groups is 1. The van der Waals surface area contributed by atoms with E-state index < -0.39 is 5.54 Å². The first-order valence-corrected chi connectivity index (χ1v) is 8.29. The van der Waals surface area contributed by atoms with Gasteiger partial charge >= 0.3 is 0 Å². The molecule has 0 aromatic carbocycles. The van der Waals surface area contributed by atoms with Crippen molar-refractivity contribution in [2.45, 2.75) is 63.8 Å². The molecule has 1 N–H and O–H groups in total. The van der Waals surface area contributed by atoms with Gasteiger partial charge in [-0.05, 0) is 38.5 Å². The van der Waals surface area contributed by atoms with E-state index >= 15 is 0 Å². The van der Waals surface area contributed by atoms with Gasteiger partial charge in [-0.3, -0.25) is 4.79 Å². The van der Waals surface area contributed by atoms with Crippen molar-refractivity contribution in [2.24, 2.45) is 0 Å². The number of nitrogens with one attached hydrogen (secondary N) is 1. The SMILES string of the molecule is Cc1nc(C2(NC(=O)c3noc4c3CCCCC4)CCC2)no1. The highest BCUT2D eigenvalue weighted by molar-refractivity contribution is 5.94. The molecule has 0 aliphatic heterocycles. The van der Waals surface area contributed by atoms with E-state index in [0.29, 0.717) is 17.4 Å². The summed E-state index contributed by atoms with van der Waals surface area (Å²) in [4.78, 5) is 17.1. The first-order chi connectivity index (χ1) is 11.2. The van der Waals surface area contributed by atoms with Crippen LogP contribution in [0.3, 0.4) is 0 Å². The molecule has 2 aromatic rings. The fourth-order valence-corrected chi connectivity index (χ4v) is 3.44. The van der Waals surface area contributed by atoms with Crippen LogP contribution in [0.4, 0.5) is 0 Å². The third-order valence-corrected chi connectivity index (χ3v) is 4.93. The highest BCUT2D eigenvalue weighted by atomic mass is 16.5. The number of hydrogen-bond acceptors (Lipinski definition) is 6. The summed E-state index contributed by atoms with van der Waals surface area (Å²) < 4.78 is 10.5. The topological polar surface area (TPSA) is 94.1 Å². The molecule has 0 unspecified atom stereocenters. The zero-order valence-electron chi connectivity index (χ0n) is 13.2. The molecular formula is C16H20N4O3. The Balaban J connectivity index is 1.59. The normalized spacial score (nSPS) is 19.5. The van der Waals surface area contributed by atoms with Crippen molar-refractivity contribution in [3.8, 4) is 0 Å². The maximum atomic E-state index is 12.8. The second kappa shape index (κ2) is 5.47. The van der Waals surface area contributed by atoms with Crippen LogP contribution in [0, 0.1) is 6.92 Å². The minimum atomic E-state index is -0.522. The van der Waals surface area contributed by atoms with Crippen LogP contribution in [0.1, 0.15) is 72.1 Å². The number of hydrogen-bond donors (Lipinski definition) is 1. The Kier molecular flexibility index (Phi) is 3.43. The van der Waals surface area contributed by atoms with E-state index in [-0.39, 0.29) is 5.91 Å². The maximum absolute atomic E-state index is 12.8. The fraction of sp³-hybridized carbons (Fsp3) is 0.625. The van der Waals surface area contributed by atoms with Crippen molar-refractivity contribution < 1.29 is 13.8 Å². The number of nitrogens with zero attached hydrogens (tertiary/aromatic N) is 3. The molecule has 7 heteroatoms. The van der Waals surface area contributed by atoms with Gasteiger partial charge in [-0.2, -0.15) is 4.98 Å². The van der Waals surface area contributed by atoms with E-state index in [1.54, 1.807) is 6.92 Å². The van der Waals surface area contributed by atoms with Crippen molar-refractivity contribution in [2.75, 3.05) is 0 Å². The van der Waals surface area contributed by atoms with Crippen LogP contribution in [0.2, 0.25) is 0 Å². The van der Waals surface area contributed by atoms with Gasteiger partial charge in [0, 0.05) is 18.9 Å². The lowest BCUT2D eigenvalue weighted by Gasteiger charge is -2.39. The molecule has 23 heavy (non-hydrogen) atoms. The molecule has 0 radical (unpaired) electrons. The molecule has 1 saturated carbocycles. The van der Waals surface area contributed by atoms with Gasteiger partial charge in [0.15, 0.2) is 11.5 Å². The Bertz CT molecular complexity index is 730. The zero-order chi connectivity index (χ0) is 15.9. The number of amides is 1. The molecule has 7 nitrogen and oxygen atoms in total. The monoisotopic (exact) mass is 316 g/mol. The summed E-state index contributed by atoms with van der Waals surface area (Å²) in [5, 5.41) is 11.1. The minimum absolute atomic E-state index is 0.195. The van der Waals surface area contributed by atoms with Crippen molar-refractivity contribution in [3.05, 3.63) is 28.7 Å². The number of carbonyl (C=O) groups excluding carboxylic acids is 1. The van der Waals surface area contributed by atoms with Gasteiger partial charge < -0.3 is 14.4 Å². The van der Waals surface area contributed by atoms with E-state index in [0.717, 1.165) is 62.7 Å². The first kappa shape index (κ1) is 14.4. The van der Waals surface area contributed by atoms with Gasteiger partial charge in [0.2, 0.25) is 5.89 Å². The highest BCUT2D eigenvalue weighted by Crippen LogP contribution is 2.40. The molecule has 1 amide bonds. The van der Waals surface area contributed by atoms with E-state index in [9.17, 15) is 4.79 Å². The molecule has 0 atom stereocenters. The minimum Gasteiger partial charge on any atom is -0.360 e. The smallest absolute Gasteiger partial charge is 0.274 e. The third-order valence-electron chi connectivity index (χ3n) is 4.93. The van der Waals surface area contributed by atoms with Crippen molar-refractivity contribution in [1.82, 2.24) is 20.6 Å². The quantitative estimate of drug-likeness (QED) is 0.874. The van der Waals surface area contributed by atoms with Crippen molar-refractivity contribution in [1.29, 1.82) is 0 Å². The molecule has 0 bridgehead atoms. The van der Waals surface area contributed by atoms with Crippen LogP contribution in [0.5, 0.6) is 0 Å². The molecule has 0 saturated heterocycles. The molecule has 4 rings (SSSR count). The Hall–Kier alpha value is -2.18. The summed E-state index contributed by atoms with van der Waals surface area (Å²) in [6.07, 6.45) is 7.72. The molecule has 2 aliphatic carbocycles. The van der Waals surface area contributed by atoms with Crippen LogP contribution in [0.25, 0.3) is 0 Å². The van der Waals surface area contributed by atoms with Crippen LogP contribution >= 0.6 is 0 Å². The first-order valence-electron chi connectivity index (χ1n) is 8.29. The number of aryl methyl sites for hydroxylation is 2. The van der Waals surface area contributed by atoms with Crippen LogP contribution in [-0.4, -0.2) is 21.2 Å². The highest BCUT2D eigenvalue weighted by Gasteiger charge is 2.45. The molecule has 0 spiro atoms. The summed E-state index contributed by atoms with van der Waals surface area (Å²) in [5.74, 6) is 1.74. The van der Waals surface area contributed by atoms with Gasteiger partial charge in [0.05, 0.1) is 0 Å². The van der Waals surface area contributed by atoms with Crippen LogP contribution < -0.4 is 5.32 Å². The Morgan fingerprint density at radius 1 is 1.09 bits per heavy atom. The number of fused-ring (bicyclic) bond motifs is 1. The largest absolute Gasteiger partial charge is 0.360 e. The molecule has 2 aliphatic rings. The van der Waals surface area contributed by atoms with Crippen molar-refractivity contribution in [3.63, 3.8) is 0 Å². The third kappa shape index (κ3) is 2.44. The van der Waals surface area contributed by atoms with Gasteiger partial charge in [0.25, 0.3) is 5.91 Å². The van der Waals surface area contributed by atoms with Crippen LogP contribution in [0.15, 0.2) is 9.05 Å². The molecule has 1 fully saturated rings. The number of rotatable bonds is 3. The lowest BCUT2D eigenvalue weighted by Crippen LogP contribution is -2.51. The summed E-state index contributed by atoms with van der Waals surface area (Å²) in [5.41, 5.74) is 0.873. The molecule has 122 valence electrons. The molecular weight excluding hydrogens is 296 g/mol.